The van der Waals surface area contributed by atoms with E-state index in [-0.39, 0.29) is 16.9 Å². The molecule has 0 bridgehead atoms. The fourth-order valence-electron chi connectivity index (χ4n) is 4.29. The van der Waals surface area contributed by atoms with Gasteiger partial charge in [-0.1, -0.05) is 80.2 Å². The van der Waals surface area contributed by atoms with E-state index in [0.717, 1.165) is 12.0 Å². The van der Waals surface area contributed by atoms with Crippen LogP contribution in [0.3, 0.4) is 0 Å². The van der Waals surface area contributed by atoms with Crippen molar-refractivity contribution >= 4 is 30.2 Å². The number of Topliss-reactive ketones (excluding diaryl/α,β-unsaturated/α-hetero) is 1. The summed E-state index contributed by atoms with van der Waals surface area (Å²) in [6.45, 7) is 30.7. The van der Waals surface area contributed by atoms with Crippen molar-refractivity contribution in [1.29, 1.82) is 0 Å². The van der Waals surface area contributed by atoms with Gasteiger partial charge in [0, 0.05) is 6.42 Å². The van der Waals surface area contributed by atoms with Gasteiger partial charge in [-0.25, -0.2) is 0 Å². The highest BCUT2D eigenvalue weighted by atomic mass is 28.4. The number of carbonyl (C=O) groups excluding carboxylic acids is 1. The molecule has 0 unspecified atom stereocenters. The summed E-state index contributed by atoms with van der Waals surface area (Å²) in [4.78, 5) is 13.0. The SMILES string of the molecule is CC(C)(C)[Si](C)(C)O[C@@H]1C2=C(C#C[Si](C)(C)C)C(=O)C[C@H]2C[C@H]1[Si](C)(C)C(C)(C)C. The average molecular weight is 463 g/mol. The minimum Gasteiger partial charge on any atom is -0.410 e. The summed E-state index contributed by atoms with van der Waals surface area (Å²) in [7, 11) is -5.19. The minimum absolute atomic E-state index is 0.0779. The lowest BCUT2D eigenvalue weighted by molar-refractivity contribution is -0.115. The molecule has 1 saturated carbocycles. The first-order valence-corrected chi connectivity index (χ1v) is 21.2. The zero-order chi connectivity index (χ0) is 23.5. The van der Waals surface area contributed by atoms with E-state index in [1.807, 2.05) is 0 Å². The van der Waals surface area contributed by atoms with Gasteiger partial charge in [0.05, 0.1) is 19.8 Å². The smallest absolute Gasteiger partial charge is 0.192 e. The van der Waals surface area contributed by atoms with Gasteiger partial charge in [0.15, 0.2) is 14.1 Å². The van der Waals surface area contributed by atoms with E-state index in [9.17, 15) is 4.79 Å². The van der Waals surface area contributed by atoms with Gasteiger partial charge in [-0.15, -0.1) is 5.54 Å². The van der Waals surface area contributed by atoms with E-state index < -0.39 is 24.5 Å². The van der Waals surface area contributed by atoms with Crippen LogP contribution in [0.4, 0.5) is 0 Å². The lowest BCUT2D eigenvalue weighted by Gasteiger charge is -2.47. The molecule has 2 aliphatic carbocycles. The molecule has 3 atom stereocenters. The molecule has 2 nitrogen and oxygen atoms in total. The molecular formula is C25H46O2Si3. The number of carbonyl (C=O) groups is 1. The first-order chi connectivity index (χ1) is 13.2. The summed E-state index contributed by atoms with van der Waals surface area (Å²) in [5.41, 5.74) is 6.14. The van der Waals surface area contributed by atoms with Crippen molar-refractivity contribution in [3.8, 4) is 11.5 Å². The molecular weight excluding hydrogens is 417 g/mol. The van der Waals surface area contributed by atoms with Crippen molar-refractivity contribution in [3.05, 3.63) is 11.1 Å². The van der Waals surface area contributed by atoms with Crippen LogP contribution in [-0.4, -0.2) is 36.4 Å². The van der Waals surface area contributed by atoms with Crippen molar-refractivity contribution in [2.45, 2.75) is 122 Å². The molecule has 0 radical (unpaired) electrons. The predicted molar refractivity (Wildman–Crippen MR) is 139 cm³/mol. The van der Waals surface area contributed by atoms with Crippen LogP contribution in [0, 0.1) is 17.4 Å². The first kappa shape index (κ1) is 25.8. The molecule has 0 aliphatic heterocycles. The molecule has 0 aromatic heterocycles. The van der Waals surface area contributed by atoms with Gasteiger partial charge in [-0.3, -0.25) is 4.79 Å². The molecule has 0 N–H and O–H groups in total. The topological polar surface area (TPSA) is 26.3 Å². The number of hydrogen-bond acceptors (Lipinski definition) is 2. The third kappa shape index (κ3) is 4.98. The normalized spacial score (nSPS) is 26.0. The van der Waals surface area contributed by atoms with E-state index in [4.69, 9.17) is 4.43 Å². The third-order valence-corrected chi connectivity index (χ3v) is 19.9. The van der Waals surface area contributed by atoms with Crippen LogP contribution in [0.15, 0.2) is 11.1 Å². The Balaban J connectivity index is 2.65. The molecule has 0 saturated heterocycles. The fraction of sp³-hybridized carbons (Fsp3) is 0.800. The molecule has 2 aliphatic rings. The molecule has 0 heterocycles. The fourth-order valence-corrected chi connectivity index (χ4v) is 9.20. The zero-order valence-corrected chi connectivity index (χ0v) is 25.0. The number of fused-ring (bicyclic) bond motifs is 1. The van der Waals surface area contributed by atoms with E-state index in [1.54, 1.807) is 0 Å². The summed E-state index contributed by atoms with van der Waals surface area (Å²) in [5, 5.41) is 0.441. The standard InChI is InChI=1S/C25H46O2Si3/c1-24(2,3)29(10,11)21-17-18-16-20(26)19(14-15-28(7,8)9)22(18)23(21)27-30(12,13)25(4,5)6/h18,21,23H,16-17H2,1-13H3/t18-,21+,23-/m0/s1. The molecule has 0 spiro atoms. The van der Waals surface area contributed by atoms with Crippen LogP contribution in [0.5, 0.6) is 0 Å². The van der Waals surface area contributed by atoms with E-state index in [0.29, 0.717) is 22.9 Å². The van der Waals surface area contributed by atoms with Crippen LogP contribution in [0.1, 0.15) is 54.4 Å². The number of ketones is 1. The Morgan fingerprint density at radius 2 is 1.43 bits per heavy atom. The second-order valence-electron chi connectivity index (χ2n) is 13.8. The molecule has 170 valence electrons. The van der Waals surface area contributed by atoms with Crippen molar-refractivity contribution in [2.75, 3.05) is 0 Å². The molecule has 1 fully saturated rings. The van der Waals surface area contributed by atoms with Gasteiger partial charge < -0.3 is 4.43 Å². The van der Waals surface area contributed by atoms with Gasteiger partial charge in [0.2, 0.25) is 0 Å². The molecule has 0 amide bonds. The highest BCUT2D eigenvalue weighted by Gasteiger charge is 2.57. The molecule has 30 heavy (non-hydrogen) atoms. The second-order valence-corrected chi connectivity index (χ2v) is 29.0. The Hall–Kier alpha value is -0.419. The summed E-state index contributed by atoms with van der Waals surface area (Å²) in [6.07, 6.45) is 1.83. The van der Waals surface area contributed by atoms with Gasteiger partial charge in [-0.2, -0.15) is 0 Å². The Morgan fingerprint density at radius 3 is 1.87 bits per heavy atom. The van der Waals surface area contributed by atoms with Crippen LogP contribution in [0.2, 0.25) is 61.4 Å². The second kappa shape index (κ2) is 7.86. The third-order valence-electron chi connectivity index (χ3n) is 8.30. The Labute approximate surface area is 189 Å². The molecule has 0 aromatic carbocycles. The largest absolute Gasteiger partial charge is 0.410 e. The van der Waals surface area contributed by atoms with E-state index >= 15 is 0 Å². The highest BCUT2D eigenvalue weighted by molar-refractivity contribution is 6.84. The van der Waals surface area contributed by atoms with E-state index in [1.165, 1.54) is 5.57 Å². The Morgan fingerprint density at radius 1 is 0.900 bits per heavy atom. The van der Waals surface area contributed by atoms with Crippen molar-refractivity contribution in [3.63, 3.8) is 0 Å². The average Bonchev–Trinajstić information content (AvgIpc) is 2.98. The molecule has 5 heteroatoms. The Bertz CT molecular complexity index is 789. The first-order valence-electron chi connectivity index (χ1n) is 11.7. The Kier molecular flexibility index (Phi) is 6.77. The van der Waals surface area contributed by atoms with Crippen molar-refractivity contribution in [1.82, 2.24) is 0 Å². The molecule has 2 rings (SSSR count). The minimum atomic E-state index is -1.98. The van der Waals surface area contributed by atoms with Gasteiger partial charge in [0.25, 0.3) is 0 Å². The number of rotatable bonds is 3. The maximum absolute atomic E-state index is 13.0. The summed E-state index contributed by atoms with van der Waals surface area (Å²) in [5.74, 6) is 4.01. The molecule has 0 aromatic rings. The maximum atomic E-state index is 13.0. The maximum Gasteiger partial charge on any atom is 0.192 e. The zero-order valence-electron chi connectivity index (χ0n) is 22.0. The van der Waals surface area contributed by atoms with Crippen LogP contribution < -0.4 is 0 Å². The van der Waals surface area contributed by atoms with Gasteiger partial charge in [-0.05, 0) is 46.6 Å². The summed E-state index contributed by atoms with van der Waals surface area (Å²) in [6, 6.07) is 0. The summed E-state index contributed by atoms with van der Waals surface area (Å²) >= 11 is 0. The van der Waals surface area contributed by atoms with Crippen LogP contribution >= 0.6 is 0 Å². The number of hydrogen-bond donors (Lipinski definition) is 0. The number of allylic oxidation sites excluding steroid dienone is 1. The van der Waals surface area contributed by atoms with Crippen molar-refractivity contribution < 1.29 is 9.22 Å². The van der Waals surface area contributed by atoms with E-state index in [2.05, 4.69) is 98.8 Å². The monoisotopic (exact) mass is 462 g/mol. The highest BCUT2D eigenvalue weighted by Crippen LogP contribution is 2.58. The van der Waals surface area contributed by atoms with Crippen LogP contribution in [0.25, 0.3) is 0 Å². The van der Waals surface area contributed by atoms with Gasteiger partial charge in [0.1, 0.15) is 8.07 Å². The van der Waals surface area contributed by atoms with Gasteiger partial charge >= 0.3 is 0 Å². The quantitative estimate of drug-likeness (QED) is 0.322. The van der Waals surface area contributed by atoms with Crippen molar-refractivity contribution in [2.24, 2.45) is 5.92 Å². The van der Waals surface area contributed by atoms with Crippen LogP contribution in [-0.2, 0) is 9.22 Å². The summed E-state index contributed by atoms with van der Waals surface area (Å²) < 4.78 is 7.19. The predicted octanol–water partition coefficient (Wildman–Crippen LogP) is 7.43. The lowest BCUT2D eigenvalue weighted by Crippen LogP contribution is -2.50. The lowest BCUT2D eigenvalue weighted by atomic mass is 10.0.